The zero-order valence-electron chi connectivity index (χ0n) is 15.8. The van der Waals surface area contributed by atoms with Crippen LogP contribution in [-0.2, 0) is 20.5 Å². The first-order valence-electron chi connectivity index (χ1n) is 8.89. The van der Waals surface area contributed by atoms with Crippen molar-refractivity contribution in [3.05, 3.63) is 35.5 Å². The number of hydrazine groups is 1. The van der Waals surface area contributed by atoms with Crippen LogP contribution in [-0.4, -0.2) is 38.3 Å². The van der Waals surface area contributed by atoms with Gasteiger partial charge in [-0.15, -0.1) is 15.0 Å². The number of esters is 1. The van der Waals surface area contributed by atoms with Gasteiger partial charge in [0, 0.05) is 6.07 Å². The van der Waals surface area contributed by atoms with Crippen molar-refractivity contribution < 1.29 is 27.5 Å². The van der Waals surface area contributed by atoms with Crippen LogP contribution >= 0.6 is 0 Å². The molecular weight excluding hydrogens is 405 g/mol. The van der Waals surface area contributed by atoms with Gasteiger partial charge in [-0.3, -0.25) is 9.59 Å². The molecule has 0 spiro atoms. The predicted molar refractivity (Wildman–Crippen MR) is 97.8 cm³/mol. The van der Waals surface area contributed by atoms with E-state index in [4.69, 9.17) is 4.74 Å². The highest BCUT2D eigenvalue weighted by atomic mass is 19.4. The molecule has 12 heteroatoms. The highest BCUT2D eigenvalue weighted by Crippen LogP contribution is 2.35. The van der Waals surface area contributed by atoms with E-state index < -0.39 is 30.0 Å². The minimum absolute atomic E-state index is 0.0988. The molecule has 0 saturated heterocycles. The molecule has 1 aromatic carbocycles. The second-order valence-corrected chi connectivity index (χ2v) is 6.46. The number of aryl methyl sites for hydroxylation is 1. The zero-order valence-corrected chi connectivity index (χ0v) is 15.8. The van der Waals surface area contributed by atoms with Gasteiger partial charge in [0.1, 0.15) is 17.8 Å². The standard InChI is InChI=1S/C18H15F3N6O3/c1-3-30-16(29)8-14(28)25-27-15-7-13(24-26(15)27)17-9(2)22-11-5-4-10(18(19,20)21)6-12(11)23-17/h4-7H,3,8H2,1-2H3,(H,25,28). The third-order valence-electron chi connectivity index (χ3n) is 4.29. The lowest BCUT2D eigenvalue weighted by atomic mass is 10.1. The van der Waals surface area contributed by atoms with Gasteiger partial charge in [0.25, 0.3) is 5.91 Å². The van der Waals surface area contributed by atoms with Crippen LogP contribution in [0.3, 0.4) is 0 Å². The lowest BCUT2D eigenvalue weighted by Gasteiger charge is -2.09. The number of anilines is 1. The number of rotatable bonds is 5. The van der Waals surface area contributed by atoms with E-state index in [1.54, 1.807) is 19.9 Å². The fourth-order valence-corrected chi connectivity index (χ4v) is 2.90. The fraction of sp³-hybridized carbons (Fsp3) is 0.278. The van der Waals surface area contributed by atoms with Crippen molar-refractivity contribution >= 4 is 28.7 Å². The van der Waals surface area contributed by atoms with E-state index in [-0.39, 0.29) is 12.1 Å². The molecule has 0 fully saturated rings. The van der Waals surface area contributed by atoms with Crippen molar-refractivity contribution in [1.82, 2.24) is 25.3 Å². The number of benzene rings is 1. The fourth-order valence-electron chi connectivity index (χ4n) is 2.90. The topological polar surface area (TPSA) is 102 Å². The van der Waals surface area contributed by atoms with Crippen molar-refractivity contribution in [3.63, 3.8) is 0 Å². The Balaban J connectivity index is 1.53. The summed E-state index contributed by atoms with van der Waals surface area (Å²) in [5, 5.41) is 5.57. The van der Waals surface area contributed by atoms with E-state index in [2.05, 4.69) is 20.5 Å². The summed E-state index contributed by atoms with van der Waals surface area (Å²) in [5.41, 5.74) is 3.32. The van der Waals surface area contributed by atoms with Gasteiger partial charge in [-0.05, 0) is 32.0 Å². The molecule has 9 nitrogen and oxygen atoms in total. The van der Waals surface area contributed by atoms with Crippen LogP contribution in [0.25, 0.3) is 22.4 Å². The van der Waals surface area contributed by atoms with Gasteiger partial charge in [-0.1, -0.05) is 0 Å². The third kappa shape index (κ3) is 3.63. The maximum Gasteiger partial charge on any atom is 0.416 e. The number of ether oxygens (including phenoxy) is 1. The van der Waals surface area contributed by atoms with Crippen LogP contribution in [0.2, 0.25) is 0 Å². The first-order valence-corrected chi connectivity index (χ1v) is 8.89. The summed E-state index contributed by atoms with van der Waals surface area (Å²) in [6.07, 6.45) is -4.91. The monoisotopic (exact) mass is 420 g/mol. The van der Waals surface area contributed by atoms with Crippen LogP contribution in [0.1, 0.15) is 24.6 Å². The van der Waals surface area contributed by atoms with Crippen molar-refractivity contribution in [2.75, 3.05) is 11.7 Å². The number of nitrogens with zero attached hydrogens (tertiary/aromatic N) is 5. The minimum atomic E-state index is -4.48. The lowest BCUT2D eigenvalue weighted by Crippen LogP contribution is -2.36. The molecule has 1 amide bonds. The Morgan fingerprint density at radius 2 is 1.93 bits per heavy atom. The van der Waals surface area contributed by atoms with Crippen LogP contribution in [0.15, 0.2) is 24.3 Å². The van der Waals surface area contributed by atoms with E-state index in [9.17, 15) is 22.8 Å². The number of amides is 1. The van der Waals surface area contributed by atoms with E-state index in [0.717, 1.165) is 12.1 Å². The molecular formula is C18H15F3N6O3. The normalized spacial score (nSPS) is 12.6. The van der Waals surface area contributed by atoms with Crippen molar-refractivity contribution in [2.24, 2.45) is 0 Å². The Labute approximate surface area is 167 Å². The molecule has 3 heterocycles. The zero-order chi connectivity index (χ0) is 21.6. The molecule has 0 atom stereocenters. The number of halogens is 3. The SMILES string of the molecule is CCOC(=O)CC(=O)NN1c2cc(-c3nc4cc(C(F)(F)F)ccc4nc3C)nn21. The molecule has 0 bridgehead atoms. The Bertz CT molecular complexity index is 1150. The van der Waals surface area contributed by atoms with Crippen LogP contribution in [0.5, 0.6) is 0 Å². The summed E-state index contributed by atoms with van der Waals surface area (Å²) in [4.78, 5) is 33.1. The van der Waals surface area contributed by atoms with Crippen LogP contribution in [0.4, 0.5) is 19.0 Å². The Hall–Kier alpha value is -3.70. The lowest BCUT2D eigenvalue weighted by molar-refractivity contribution is -0.146. The largest absolute Gasteiger partial charge is 0.466 e. The number of alkyl halides is 3. The predicted octanol–water partition coefficient (Wildman–Crippen LogP) is 2.39. The first kappa shape index (κ1) is 19.6. The average molecular weight is 420 g/mol. The van der Waals surface area contributed by atoms with Gasteiger partial charge in [-0.25, -0.2) is 15.4 Å². The molecule has 156 valence electrons. The summed E-state index contributed by atoms with van der Waals surface area (Å²) < 4.78 is 43.6. The van der Waals surface area contributed by atoms with Gasteiger partial charge >= 0.3 is 12.1 Å². The number of aromatic nitrogens is 4. The summed E-state index contributed by atoms with van der Waals surface area (Å²) in [6, 6.07) is 4.78. The smallest absolute Gasteiger partial charge is 0.416 e. The molecule has 3 aromatic rings. The van der Waals surface area contributed by atoms with Gasteiger partial charge in [-0.2, -0.15) is 13.2 Å². The summed E-state index contributed by atoms with van der Waals surface area (Å²) >= 11 is 0. The van der Waals surface area contributed by atoms with Crippen molar-refractivity contribution in [2.45, 2.75) is 26.4 Å². The van der Waals surface area contributed by atoms with E-state index in [1.807, 2.05) is 0 Å². The number of hydrogen-bond donors (Lipinski definition) is 1. The van der Waals surface area contributed by atoms with Gasteiger partial charge < -0.3 is 4.74 Å². The average Bonchev–Trinajstić information content (AvgIpc) is 3.09. The third-order valence-corrected chi connectivity index (χ3v) is 4.29. The minimum Gasteiger partial charge on any atom is -0.466 e. The Morgan fingerprint density at radius 3 is 2.57 bits per heavy atom. The van der Waals surface area contributed by atoms with Crippen LogP contribution in [0, 0.1) is 6.92 Å². The van der Waals surface area contributed by atoms with E-state index >= 15 is 0 Å². The highest BCUT2D eigenvalue weighted by molar-refractivity contribution is 5.95. The molecule has 0 radical (unpaired) electrons. The number of nitrogens with one attached hydrogen (secondary N) is 1. The quantitative estimate of drug-likeness (QED) is 0.384. The van der Waals surface area contributed by atoms with Gasteiger partial charge in [0.15, 0.2) is 5.82 Å². The molecule has 0 unspecified atom stereocenters. The van der Waals surface area contributed by atoms with Crippen molar-refractivity contribution in [1.29, 1.82) is 0 Å². The molecule has 0 saturated carbocycles. The van der Waals surface area contributed by atoms with E-state index in [1.165, 1.54) is 16.0 Å². The summed E-state index contributed by atoms with van der Waals surface area (Å²) in [7, 11) is 0. The Morgan fingerprint density at radius 1 is 1.17 bits per heavy atom. The molecule has 1 N–H and O–H groups in total. The molecule has 30 heavy (non-hydrogen) atoms. The molecule has 4 rings (SSSR count). The highest BCUT2D eigenvalue weighted by Gasteiger charge is 2.35. The number of fused-ring (bicyclic) bond motifs is 2. The summed E-state index contributed by atoms with van der Waals surface area (Å²) in [5.74, 6) is -0.690. The van der Waals surface area contributed by atoms with Crippen molar-refractivity contribution in [3.8, 4) is 11.4 Å². The molecule has 2 aromatic heterocycles. The second-order valence-electron chi connectivity index (χ2n) is 6.46. The van der Waals surface area contributed by atoms with E-state index in [0.29, 0.717) is 28.4 Å². The molecule has 1 aliphatic rings. The Kier molecular flexibility index (Phi) is 4.56. The number of hydrogen-bond acceptors (Lipinski definition) is 7. The maximum atomic E-state index is 13.0. The second kappa shape index (κ2) is 6.97. The number of carbonyl (C=O) groups excluding carboxylic acids is 2. The number of carbonyl (C=O) groups is 2. The van der Waals surface area contributed by atoms with Gasteiger partial charge in [0.2, 0.25) is 0 Å². The summed E-state index contributed by atoms with van der Waals surface area (Å²) in [6.45, 7) is 3.49. The first-order chi connectivity index (χ1) is 14.2. The molecule has 0 aliphatic carbocycles. The van der Waals surface area contributed by atoms with Crippen LogP contribution < -0.4 is 10.5 Å². The molecule has 1 aliphatic heterocycles. The maximum absolute atomic E-state index is 13.0. The van der Waals surface area contributed by atoms with Gasteiger partial charge in [0.05, 0.1) is 28.9 Å².